The third kappa shape index (κ3) is 6.88. The quantitative estimate of drug-likeness (QED) is 0.598. The SMILES string of the molecule is CCCC(=O)/C(N)=C1\CCC(F)(C(=O)NC(=O)OC(C)(C)C)CC1=Nc1cccc(Cl)c1. The molecule has 2 rings (SSSR count). The molecule has 9 heteroatoms. The molecule has 1 aromatic carbocycles. The number of carbonyl (C=O) groups is 3. The van der Waals surface area contributed by atoms with Gasteiger partial charge in [-0.15, -0.1) is 0 Å². The number of imide groups is 1. The van der Waals surface area contributed by atoms with E-state index in [1.54, 1.807) is 45.0 Å². The zero-order valence-corrected chi connectivity index (χ0v) is 19.5. The van der Waals surface area contributed by atoms with E-state index in [4.69, 9.17) is 22.1 Å². The van der Waals surface area contributed by atoms with Crippen molar-refractivity contribution in [1.29, 1.82) is 0 Å². The number of ketones is 1. The van der Waals surface area contributed by atoms with Crippen LogP contribution < -0.4 is 11.1 Å². The number of benzene rings is 1. The van der Waals surface area contributed by atoms with Crippen LogP contribution in [-0.4, -0.2) is 34.8 Å². The number of nitrogens with one attached hydrogen (secondary N) is 1. The minimum Gasteiger partial charge on any atom is -0.444 e. The second-order valence-corrected chi connectivity index (χ2v) is 9.14. The highest BCUT2D eigenvalue weighted by molar-refractivity contribution is 6.30. The number of alkyl halides is 1. The topological polar surface area (TPSA) is 111 Å². The summed E-state index contributed by atoms with van der Waals surface area (Å²) in [6.45, 7) is 6.74. The molecule has 0 heterocycles. The van der Waals surface area contributed by atoms with Crippen LogP contribution in [0.1, 0.15) is 59.8 Å². The highest BCUT2D eigenvalue weighted by Gasteiger charge is 2.45. The molecule has 1 atom stereocenters. The molecule has 0 spiro atoms. The van der Waals surface area contributed by atoms with Gasteiger partial charge in [-0.2, -0.15) is 0 Å². The Kier molecular flexibility index (Phi) is 8.18. The average Bonchev–Trinajstić information content (AvgIpc) is 2.66. The smallest absolute Gasteiger partial charge is 0.414 e. The van der Waals surface area contributed by atoms with Crippen molar-refractivity contribution in [2.75, 3.05) is 0 Å². The van der Waals surface area contributed by atoms with Crippen LogP contribution in [0.3, 0.4) is 0 Å². The minimum absolute atomic E-state index is 0.0128. The van der Waals surface area contributed by atoms with Crippen molar-refractivity contribution in [3.05, 3.63) is 40.6 Å². The lowest BCUT2D eigenvalue weighted by Crippen LogP contribution is -2.50. The molecule has 0 aromatic heterocycles. The standard InChI is InChI=1S/C23H29ClFN3O4/c1-5-7-18(29)19(26)16-10-11-23(25,20(30)28-21(31)32-22(2,3)4)13-17(16)27-15-9-6-8-14(24)12-15/h6,8-9,12H,5,7,10-11,13,26H2,1-4H3,(H,28,30,31)/b19-16-,27-17?. The Hall–Kier alpha value is -2.74. The molecule has 2 amide bonds. The molecule has 0 radical (unpaired) electrons. The third-order valence-corrected chi connectivity index (χ3v) is 5.00. The lowest BCUT2D eigenvalue weighted by molar-refractivity contribution is -0.132. The van der Waals surface area contributed by atoms with Gasteiger partial charge in [0, 0.05) is 23.4 Å². The number of alkyl carbamates (subject to hydrolysis) is 1. The molecular formula is C23H29ClFN3O4. The zero-order valence-electron chi connectivity index (χ0n) is 18.8. The Labute approximate surface area is 192 Å². The van der Waals surface area contributed by atoms with Gasteiger partial charge < -0.3 is 10.5 Å². The summed E-state index contributed by atoms with van der Waals surface area (Å²) in [5.41, 5.74) is 3.84. The molecule has 1 saturated carbocycles. The molecule has 0 aliphatic heterocycles. The van der Waals surface area contributed by atoms with Crippen LogP contribution in [-0.2, 0) is 14.3 Å². The third-order valence-electron chi connectivity index (χ3n) is 4.76. The van der Waals surface area contributed by atoms with Gasteiger partial charge in [-0.05, 0) is 58.2 Å². The van der Waals surface area contributed by atoms with Crippen molar-refractivity contribution >= 4 is 40.8 Å². The van der Waals surface area contributed by atoms with Crippen molar-refractivity contribution in [3.8, 4) is 0 Å². The predicted molar refractivity (Wildman–Crippen MR) is 122 cm³/mol. The molecule has 1 unspecified atom stereocenters. The molecule has 1 aliphatic carbocycles. The molecule has 7 nitrogen and oxygen atoms in total. The van der Waals surface area contributed by atoms with Gasteiger partial charge in [0.05, 0.1) is 17.1 Å². The van der Waals surface area contributed by atoms with E-state index in [0.29, 0.717) is 22.7 Å². The lowest BCUT2D eigenvalue weighted by Gasteiger charge is -2.31. The summed E-state index contributed by atoms with van der Waals surface area (Å²) in [4.78, 5) is 41.4. The van der Waals surface area contributed by atoms with Gasteiger partial charge in [-0.25, -0.2) is 9.18 Å². The largest absolute Gasteiger partial charge is 0.444 e. The molecule has 0 bridgehead atoms. The number of Topliss-reactive ketones (excluding diaryl/α,β-unsaturated/α-hetero) is 1. The number of carbonyl (C=O) groups excluding carboxylic acids is 3. The number of amides is 2. The van der Waals surface area contributed by atoms with Gasteiger partial charge in [0.1, 0.15) is 5.60 Å². The van der Waals surface area contributed by atoms with E-state index in [-0.39, 0.29) is 36.5 Å². The van der Waals surface area contributed by atoms with E-state index in [2.05, 4.69) is 4.99 Å². The Balaban J connectivity index is 2.39. The first-order valence-electron chi connectivity index (χ1n) is 10.4. The van der Waals surface area contributed by atoms with Crippen molar-refractivity contribution in [2.24, 2.45) is 10.7 Å². The number of nitrogens with two attached hydrogens (primary N) is 1. The van der Waals surface area contributed by atoms with Crippen molar-refractivity contribution < 1.29 is 23.5 Å². The van der Waals surface area contributed by atoms with Crippen LogP contribution in [0.25, 0.3) is 0 Å². The monoisotopic (exact) mass is 465 g/mol. The lowest BCUT2D eigenvalue weighted by atomic mass is 9.79. The Morgan fingerprint density at radius 1 is 1.31 bits per heavy atom. The van der Waals surface area contributed by atoms with Gasteiger partial charge in [0.2, 0.25) is 0 Å². The normalized spacial score (nSPS) is 21.8. The first-order valence-corrected chi connectivity index (χ1v) is 10.8. The number of halogens is 2. The fourth-order valence-electron chi connectivity index (χ4n) is 3.26. The fraction of sp³-hybridized carbons (Fsp3) is 0.478. The Bertz CT molecular complexity index is 968. The number of hydrogen-bond acceptors (Lipinski definition) is 6. The van der Waals surface area contributed by atoms with Crippen molar-refractivity contribution in [3.63, 3.8) is 0 Å². The molecule has 32 heavy (non-hydrogen) atoms. The summed E-state index contributed by atoms with van der Waals surface area (Å²) < 4.78 is 20.7. The van der Waals surface area contributed by atoms with Crippen LogP contribution >= 0.6 is 11.6 Å². The Morgan fingerprint density at radius 3 is 2.59 bits per heavy atom. The number of aliphatic imine (C=N–C) groups is 1. The molecule has 1 fully saturated rings. The van der Waals surface area contributed by atoms with Gasteiger partial charge in [0.25, 0.3) is 5.91 Å². The van der Waals surface area contributed by atoms with Gasteiger partial charge in [-0.3, -0.25) is 19.9 Å². The van der Waals surface area contributed by atoms with Crippen LogP contribution in [0.2, 0.25) is 5.02 Å². The van der Waals surface area contributed by atoms with Crippen LogP contribution in [0.5, 0.6) is 0 Å². The van der Waals surface area contributed by atoms with E-state index in [0.717, 1.165) is 0 Å². The minimum atomic E-state index is -2.42. The summed E-state index contributed by atoms with van der Waals surface area (Å²) in [5, 5.41) is 2.39. The van der Waals surface area contributed by atoms with Crippen LogP contribution in [0.4, 0.5) is 14.9 Å². The van der Waals surface area contributed by atoms with E-state index in [9.17, 15) is 14.4 Å². The maximum atomic E-state index is 15.7. The second kappa shape index (κ2) is 10.3. The van der Waals surface area contributed by atoms with Gasteiger partial charge >= 0.3 is 6.09 Å². The van der Waals surface area contributed by atoms with E-state index in [1.165, 1.54) is 0 Å². The first-order chi connectivity index (χ1) is 14.8. The number of hydrogen-bond donors (Lipinski definition) is 2. The average molecular weight is 466 g/mol. The number of nitrogens with zero attached hydrogens (tertiary/aromatic N) is 1. The van der Waals surface area contributed by atoms with Gasteiger partial charge in [-0.1, -0.05) is 24.6 Å². The molecule has 1 aliphatic rings. The number of rotatable bonds is 5. The van der Waals surface area contributed by atoms with Crippen molar-refractivity contribution in [1.82, 2.24) is 5.32 Å². The van der Waals surface area contributed by atoms with E-state index >= 15 is 4.39 Å². The Morgan fingerprint density at radius 2 is 2.00 bits per heavy atom. The van der Waals surface area contributed by atoms with Crippen LogP contribution in [0, 0.1) is 0 Å². The second-order valence-electron chi connectivity index (χ2n) is 8.70. The number of allylic oxidation sites excluding steroid dienone is 2. The van der Waals surface area contributed by atoms with Gasteiger partial charge in [0.15, 0.2) is 11.5 Å². The first kappa shape index (κ1) is 25.5. The summed E-state index contributed by atoms with van der Waals surface area (Å²) in [6.07, 6.45) is -0.876. The maximum Gasteiger partial charge on any atom is 0.414 e. The summed E-state index contributed by atoms with van der Waals surface area (Å²) in [7, 11) is 0. The van der Waals surface area contributed by atoms with Crippen LogP contribution in [0.15, 0.2) is 40.5 Å². The molecule has 0 saturated heterocycles. The van der Waals surface area contributed by atoms with E-state index < -0.39 is 29.7 Å². The summed E-state index contributed by atoms with van der Waals surface area (Å²) in [5.74, 6) is -1.38. The summed E-state index contributed by atoms with van der Waals surface area (Å²) >= 11 is 6.02. The molecule has 3 N–H and O–H groups in total. The highest BCUT2D eigenvalue weighted by Crippen LogP contribution is 2.36. The number of ether oxygens (including phenoxy) is 1. The van der Waals surface area contributed by atoms with E-state index in [1.807, 2.05) is 12.2 Å². The van der Waals surface area contributed by atoms with Crippen molar-refractivity contribution in [2.45, 2.75) is 71.1 Å². The maximum absolute atomic E-state index is 15.7. The fourth-order valence-corrected chi connectivity index (χ4v) is 3.44. The molecular weight excluding hydrogens is 437 g/mol. The summed E-state index contributed by atoms with van der Waals surface area (Å²) in [6, 6.07) is 6.58. The molecule has 1 aromatic rings. The predicted octanol–water partition coefficient (Wildman–Crippen LogP) is 4.94. The molecule has 174 valence electrons. The zero-order chi connectivity index (χ0) is 24.1. The highest BCUT2D eigenvalue weighted by atomic mass is 35.5.